The van der Waals surface area contributed by atoms with Crippen LogP contribution in [0.3, 0.4) is 0 Å². The molecule has 0 aliphatic heterocycles. The smallest absolute Gasteiger partial charge is 0.326 e. The van der Waals surface area contributed by atoms with Crippen LogP contribution < -0.4 is 5.32 Å². The normalized spacial score (nSPS) is 31.9. The second kappa shape index (κ2) is 5.57. The van der Waals surface area contributed by atoms with Gasteiger partial charge in [0.25, 0.3) is 0 Å². The standard InChI is InChI=1S/C14H26N2O2/c1-4-16(10-11-5-6-11)12-7-8-14(9-12,15-2)13(17)18-3/h11-12,15H,4-10H2,1-3H3. The molecule has 0 aromatic rings. The first-order chi connectivity index (χ1) is 8.65. The molecular formula is C14H26N2O2. The summed E-state index contributed by atoms with van der Waals surface area (Å²) in [6.45, 7) is 4.52. The first-order valence-electron chi connectivity index (χ1n) is 7.16. The van der Waals surface area contributed by atoms with Gasteiger partial charge in [0.2, 0.25) is 0 Å². The van der Waals surface area contributed by atoms with Gasteiger partial charge in [-0.2, -0.15) is 0 Å². The van der Waals surface area contributed by atoms with Crippen molar-refractivity contribution in [3.63, 3.8) is 0 Å². The number of hydrogen-bond acceptors (Lipinski definition) is 4. The summed E-state index contributed by atoms with van der Waals surface area (Å²) < 4.78 is 4.96. The van der Waals surface area contributed by atoms with Gasteiger partial charge in [0.15, 0.2) is 0 Å². The van der Waals surface area contributed by atoms with Crippen LogP contribution in [-0.2, 0) is 9.53 Å². The Labute approximate surface area is 110 Å². The summed E-state index contributed by atoms with van der Waals surface area (Å²) in [4.78, 5) is 14.5. The summed E-state index contributed by atoms with van der Waals surface area (Å²) in [6.07, 6.45) is 5.64. The fourth-order valence-electron chi connectivity index (χ4n) is 3.21. The summed E-state index contributed by atoms with van der Waals surface area (Å²) in [5, 5.41) is 3.20. The predicted molar refractivity (Wildman–Crippen MR) is 71.4 cm³/mol. The molecule has 1 N–H and O–H groups in total. The Hall–Kier alpha value is -0.610. The van der Waals surface area contributed by atoms with Crippen molar-refractivity contribution in [1.82, 2.24) is 10.2 Å². The minimum Gasteiger partial charge on any atom is -0.468 e. The summed E-state index contributed by atoms with van der Waals surface area (Å²) in [7, 11) is 3.35. The van der Waals surface area contributed by atoms with E-state index in [-0.39, 0.29) is 5.97 Å². The van der Waals surface area contributed by atoms with Crippen molar-refractivity contribution in [2.45, 2.75) is 50.6 Å². The molecule has 0 aromatic heterocycles. The number of rotatable bonds is 6. The number of carbonyl (C=O) groups excluding carboxylic acids is 1. The SMILES string of the molecule is CCN(CC1CC1)C1CCC(NC)(C(=O)OC)C1. The van der Waals surface area contributed by atoms with Crippen molar-refractivity contribution in [2.75, 3.05) is 27.2 Å². The average Bonchev–Trinajstić information content (AvgIpc) is 3.12. The number of nitrogens with zero attached hydrogens (tertiary/aromatic N) is 1. The number of ether oxygens (including phenoxy) is 1. The van der Waals surface area contributed by atoms with E-state index >= 15 is 0 Å². The molecule has 0 saturated heterocycles. The van der Waals surface area contributed by atoms with E-state index in [0.717, 1.165) is 31.7 Å². The lowest BCUT2D eigenvalue weighted by Crippen LogP contribution is -2.50. The zero-order valence-electron chi connectivity index (χ0n) is 11.9. The van der Waals surface area contributed by atoms with Gasteiger partial charge in [-0.15, -0.1) is 0 Å². The highest BCUT2D eigenvalue weighted by molar-refractivity contribution is 5.81. The molecule has 2 rings (SSSR count). The molecule has 104 valence electrons. The fourth-order valence-corrected chi connectivity index (χ4v) is 3.21. The van der Waals surface area contributed by atoms with E-state index in [4.69, 9.17) is 4.74 Å². The van der Waals surface area contributed by atoms with Crippen LogP contribution in [0, 0.1) is 5.92 Å². The van der Waals surface area contributed by atoms with E-state index in [1.807, 2.05) is 7.05 Å². The zero-order valence-corrected chi connectivity index (χ0v) is 11.9. The Kier molecular flexibility index (Phi) is 4.28. The quantitative estimate of drug-likeness (QED) is 0.728. The van der Waals surface area contributed by atoms with Gasteiger partial charge >= 0.3 is 5.97 Å². The number of hydrogen-bond donors (Lipinski definition) is 1. The summed E-state index contributed by atoms with van der Waals surface area (Å²) >= 11 is 0. The molecule has 0 spiro atoms. The third kappa shape index (κ3) is 2.69. The van der Waals surface area contributed by atoms with Crippen LogP contribution in [0.1, 0.15) is 39.0 Å². The first kappa shape index (κ1) is 13.8. The number of carbonyl (C=O) groups is 1. The molecule has 2 aliphatic rings. The maximum Gasteiger partial charge on any atom is 0.326 e. The van der Waals surface area contributed by atoms with E-state index in [0.29, 0.717) is 6.04 Å². The summed E-state index contributed by atoms with van der Waals surface area (Å²) in [5.41, 5.74) is -0.448. The highest BCUT2D eigenvalue weighted by Crippen LogP contribution is 2.36. The largest absolute Gasteiger partial charge is 0.468 e. The Morgan fingerprint density at radius 1 is 1.44 bits per heavy atom. The molecule has 0 radical (unpaired) electrons. The number of esters is 1. The maximum absolute atomic E-state index is 12.0. The monoisotopic (exact) mass is 254 g/mol. The molecule has 0 amide bonds. The van der Waals surface area contributed by atoms with Crippen molar-refractivity contribution in [3.05, 3.63) is 0 Å². The average molecular weight is 254 g/mol. The van der Waals surface area contributed by atoms with Crippen LogP contribution >= 0.6 is 0 Å². The van der Waals surface area contributed by atoms with Crippen molar-refractivity contribution < 1.29 is 9.53 Å². The van der Waals surface area contributed by atoms with E-state index in [1.165, 1.54) is 26.5 Å². The lowest BCUT2D eigenvalue weighted by molar-refractivity contribution is -0.148. The molecule has 0 heterocycles. The van der Waals surface area contributed by atoms with Crippen molar-refractivity contribution in [2.24, 2.45) is 5.92 Å². The van der Waals surface area contributed by atoms with Crippen molar-refractivity contribution in [3.8, 4) is 0 Å². The molecule has 2 atom stereocenters. The van der Waals surface area contributed by atoms with Crippen LogP contribution in [0.25, 0.3) is 0 Å². The number of likely N-dealkylation sites (N-methyl/N-ethyl adjacent to an activating group) is 1. The highest BCUT2D eigenvalue weighted by atomic mass is 16.5. The van der Waals surface area contributed by atoms with E-state index in [1.54, 1.807) is 0 Å². The van der Waals surface area contributed by atoms with Gasteiger partial charge in [-0.25, -0.2) is 0 Å². The van der Waals surface area contributed by atoms with Gasteiger partial charge in [-0.3, -0.25) is 4.79 Å². The lowest BCUT2D eigenvalue weighted by Gasteiger charge is -2.30. The van der Waals surface area contributed by atoms with E-state index in [2.05, 4.69) is 17.1 Å². The van der Waals surface area contributed by atoms with Gasteiger partial charge in [0.05, 0.1) is 7.11 Å². The predicted octanol–water partition coefficient (Wildman–Crippen LogP) is 1.40. The van der Waals surface area contributed by atoms with Gasteiger partial charge in [-0.1, -0.05) is 6.92 Å². The molecule has 0 aromatic carbocycles. The molecule has 2 fully saturated rings. The second-order valence-corrected chi connectivity index (χ2v) is 5.75. The minimum atomic E-state index is -0.448. The van der Waals surface area contributed by atoms with Gasteiger partial charge in [0.1, 0.15) is 5.54 Å². The third-order valence-corrected chi connectivity index (χ3v) is 4.66. The molecule has 2 aliphatic carbocycles. The Bertz CT molecular complexity index is 304. The number of methoxy groups -OCH3 is 1. The van der Waals surface area contributed by atoms with Crippen LogP contribution in [0.2, 0.25) is 0 Å². The third-order valence-electron chi connectivity index (χ3n) is 4.66. The Morgan fingerprint density at radius 3 is 2.67 bits per heavy atom. The fraction of sp³-hybridized carbons (Fsp3) is 0.929. The molecule has 18 heavy (non-hydrogen) atoms. The molecule has 2 unspecified atom stereocenters. The molecule has 2 saturated carbocycles. The topological polar surface area (TPSA) is 41.6 Å². The molecule has 4 heteroatoms. The van der Waals surface area contributed by atoms with Crippen LogP contribution in [-0.4, -0.2) is 49.7 Å². The summed E-state index contributed by atoms with van der Waals surface area (Å²) in [5.74, 6) is 0.808. The molecule has 0 bridgehead atoms. The molecule has 4 nitrogen and oxygen atoms in total. The highest BCUT2D eigenvalue weighted by Gasteiger charge is 2.46. The Balaban J connectivity index is 1.97. The molecular weight excluding hydrogens is 228 g/mol. The number of nitrogens with one attached hydrogen (secondary N) is 1. The lowest BCUT2D eigenvalue weighted by atomic mass is 9.97. The Morgan fingerprint density at radius 2 is 2.17 bits per heavy atom. The van der Waals surface area contributed by atoms with Crippen LogP contribution in [0.4, 0.5) is 0 Å². The van der Waals surface area contributed by atoms with E-state index < -0.39 is 5.54 Å². The van der Waals surface area contributed by atoms with Gasteiger partial charge < -0.3 is 15.0 Å². The van der Waals surface area contributed by atoms with Crippen molar-refractivity contribution in [1.29, 1.82) is 0 Å². The van der Waals surface area contributed by atoms with Crippen molar-refractivity contribution >= 4 is 5.97 Å². The van der Waals surface area contributed by atoms with Crippen LogP contribution in [0.5, 0.6) is 0 Å². The first-order valence-corrected chi connectivity index (χ1v) is 7.16. The van der Waals surface area contributed by atoms with Gasteiger partial charge in [-0.05, 0) is 51.6 Å². The zero-order chi connectivity index (χ0) is 13.2. The second-order valence-electron chi connectivity index (χ2n) is 5.75. The van der Waals surface area contributed by atoms with Gasteiger partial charge in [0, 0.05) is 12.6 Å². The van der Waals surface area contributed by atoms with E-state index in [9.17, 15) is 4.79 Å². The summed E-state index contributed by atoms with van der Waals surface area (Å²) in [6, 6.07) is 0.530. The minimum absolute atomic E-state index is 0.102. The van der Waals surface area contributed by atoms with Crippen LogP contribution in [0.15, 0.2) is 0 Å². The maximum atomic E-state index is 12.0.